The van der Waals surface area contributed by atoms with E-state index in [1.165, 1.54) is 5.56 Å². The van der Waals surface area contributed by atoms with Crippen molar-refractivity contribution in [3.63, 3.8) is 0 Å². The lowest BCUT2D eigenvalue weighted by Gasteiger charge is -2.20. The maximum absolute atomic E-state index is 11.8. The molecule has 0 amide bonds. The highest BCUT2D eigenvalue weighted by Gasteiger charge is 2.20. The minimum absolute atomic E-state index is 0.0478. The van der Waals surface area contributed by atoms with E-state index in [0.29, 0.717) is 0 Å². The molecule has 1 nitrogen and oxygen atoms in total. The van der Waals surface area contributed by atoms with Crippen LogP contribution in [0.15, 0.2) is 12.1 Å². The van der Waals surface area contributed by atoms with Gasteiger partial charge in [-0.2, -0.15) is 0 Å². The summed E-state index contributed by atoms with van der Waals surface area (Å²) in [5.74, 6) is 0.193. The number of benzene rings is 1. The highest BCUT2D eigenvalue weighted by Crippen LogP contribution is 2.34. The molecule has 71 valence electrons. The Labute approximate surface area is 80.4 Å². The van der Waals surface area contributed by atoms with Crippen molar-refractivity contribution < 1.29 is 5.11 Å². The molecule has 0 N–H and O–H groups in total. The molecule has 0 bridgehead atoms. The highest BCUT2D eigenvalue weighted by molar-refractivity contribution is 5.45. The molecule has 0 atom stereocenters. The van der Waals surface area contributed by atoms with Crippen LogP contribution < -0.4 is 0 Å². The third-order valence-electron chi connectivity index (χ3n) is 2.23. The average molecular weight is 177 g/mol. The molecule has 13 heavy (non-hydrogen) atoms. The van der Waals surface area contributed by atoms with Gasteiger partial charge in [-0.05, 0) is 24.8 Å². The van der Waals surface area contributed by atoms with Gasteiger partial charge in [-0.15, -0.1) is 0 Å². The second-order valence-electron chi connectivity index (χ2n) is 4.71. The zero-order valence-corrected chi connectivity index (χ0v) is 9.06. The standard InChI is InChI=1S/C12H17O/c1-8-6-9(2)11(13)10(7-8)12(3,4)5/h6-7H,1-5H3. The second kappa shape index (κ2) is 3.06. The third-order valence-corrected chi connectivity index (χ3v) is 2.23. The zero-order valence-electron chi connectivity index (χ0n) is 9.06. The first kappa shape index (κ1) is 10.1. The van der Waals surface area contributed by atoms with Gasteiger partial charge in [-0.3, -0.25) is 5.11 Å². The van der Waals surface area contributed by atoms with Gasteiger partial charge >= 0.3 is 0 Å². The molecule has 1 aromatic carbocycles. The van der Waals surface area contributed by atoms with E-state index in [1.54, 1.807) is 0 Å². The maximum Gasteiger partial charge on any atom is 0.185 e. The minimum atomic E-state index is -0.0478. The molecule has 1 heteroatoms. The molecule has 0 saturated heterocycles. The summed E-state index contributed by atoms with van der Waals surface area (Å²) in [5, 5.41) is 11.8. The first-order valence-electron chi connectivity index (χ1n) is 4.61. The van der Waals surface area contributed by atoms with Crippen LogP contribution in [0.25, 0.3) is 0 Å². The normalized spacial score (nSPS) is 11.8. The first-order valence-corrected chi connectivity index (χ1v) is 4.61. The lowest BCUT2D eigenvalue weighted by Crippen LogP contribution is -2.11. The molecule has 0 heterocycles. The molecule has 0 aliphatic heterocycles. The average Bonchev–Trinajstić information content (AvgIpc) is 1.94. The van der Waals surface area contributed by atoms with Crippen LogP contribution in [0.4, 0.5) is 0 Å². The molecule has 1 aromatic rings. The summed E-state index contributed by atoms with van der Waals surface area (Å²) in [6.45, 7) is 10.1. The summed E-state index contributed by atoms with van der Waals surface area (Å²) < 4.78 is 0. The Hall–Kier alpha value is -0.980. The van der Waals surface area contributed by atoms with Crippen molar-refractivity contribution in [1.29, 1.82) is 0 Å². The van der Waals surface area contributed by atoms with Crippen molar-refractivity contribution in [2.24, 2.45) is 0 Å². The quantitative estimate of drug-likeness (QED) is 0.575. The fourth-order valence-electron chi connectivity index (χ4n) is 1.51. The Morgan fingerprint density at radius 1 is 1.08 bits per heavy atom. The Morgan fingerprint density at radius 3 is 2.08 bits per heavy atom. The van der Waals surface area contributed by atoms with Crippen LogP contribution in [0.2, 0.25) is 0 Å². The van der Waals surface area contributed by atoms with E-state index in [9.17, 15) is 5.11 Å². The van der Waals surface area contributed by atoms with Gasteiger partial charge in [0.25, 0.3) is 0 Å². The van der Waals surface area contributed by atoms with Crippen LogP contribution in [0.5, 0.6) is 5.75 Å². The first-order chi connectivity index (χ1) is 5.82. The van der Waals surface area contributed by atoms with Gasteiger partial charge in [0.15, 0.2) is 5.75 Å². The van der Waals surface area contributed by atoms with Crippen LogP contribution in [0, 0.1) is 13.8 Å². The maximum atomic E-state index is 11.8. The molecule has 0 aliphatic rings. The molecular weight excluding hydrogens is 160 g/mol. The van der Waals surface area contributed by atoms with Gasteiger partial charge in [0.2, 0.25) is 0 Å². The van der Waals surface area contributed by atoms with E-state index >= 15 is 0 Å². The predicted molar refractivity (Wildman–Crippen MR) is 54.7 cm³/mol. The molecule has 0 saturated carbocycles. The van der Waals surface area contributed by atoms with Crippen molar-refractivity contribution in [1.82, 2.24) is 0 Å². The molecule has 1 radical (unpaired) electrons. The number of rotatable bonds is 0. The molecule has 1 rings (SSSR count). The monoisotopic (exact) mass is 177 g/mol. The van der Waals surface area contributed by atoms with Gasteiger partial charge < -0.3 is 0 Å². The van der Waals surface area contributed by atoms with E-state index in [4.69, 9.17) is 0 Å². The summed E-state index contributed by atoms with van der Waals surface area (Å²) in [6.07, 6.45) is 0. The molecular formula is C12H17O. The second-order valence-corrected chi connectivity index (χ2v) is 4.71. The summed E-state index contributed by atoms with van der Waals surface area (Å²) >= 11 is 0. The fourth-order valence-corrected chi connectivity index (χ4v) is 1.51. The Bertz CT molecular complexity index is 319. The smallest absolute Gasteiger partial charge is 0.185 e. The van der Waals surface area contributed by atoms with E-state index < -0.39 is 0 Å². The van der Waals surface area contributed by atoms with Gasteiger partial charge in [0, 0.05) is 5.56 Å². The van der Waals surface area contributed by atoms with Crippen molar-refractivity contribution in [2.75, 3.05) is 0 Å². The van der Waals surface area contributed by atoms with Gasteiger partial charge in [-0.25, -0.2) is 0 Å². The summed E-state index contributed by atoms with van der Waals surface area (Å²) in [7, 11) is 0. The van der Waals surface area contributed by atoms with Crippen molar-refractivity contribution in [2.45, 2.75) is 40.0 Å². The van der Waals surface area contributed by atoms with E-state index in [1.807, 2.05) is 26.0 Å². The van der Waals surface area contributed by atoms with Crippen molar-refractivity contribution >= 4 is 0 Å². The summed E-state index contributed by atoms with van der Waals surface area (Å²) in [5.41, 5.74) is 2.89. The van der Waals surface area contributed by atoms with E-state index in [-0.39, 0.29) is 11.2 Å². The van der Waals surface area contributed by atoms with E-state index in [0.717, 1.165) is 11.1 Å². The topological polar surface area (TPSA) is 19.9 Å². The SMILES string of the molecule is Cc1cc(C)c([O])c(C(C)(C)C)c1. The Morgan fingerprint density at radius 2 is 1.62 bits per heavy atom. The largest absolute Gasteiger partial charge is 0.289 e. The molecule has 0 unspecified atom stereocenters. The molecule has 0 spiro atoms. The van der Waals surface area contributed by atoms with Gasteiger partial charge in [0.1, 0.15) is 0 Å². The van der Waals surface area contributed by atoms with Gasteiger partial charge in [-0.1, -0.05) is 38.5 Å². The van der Waals surface area contributed by atoms with Crippen LogP contribution in [0.3, 0.4) is 0 Å². The zero-order chi connectivity index (χ0) is 10.2. The lowest BCUT2D eigenvalue weighted by atomic mass is 9.84. The third kappa shape index (κ3) is 2.03. The molecule has 0 aliphatic carbocycles. The van der Waals surface area contributed by atoms with Crippen LogP contribution in [-0.4, -0.2) is 0 Å². The minimum Gasteiger partial charge on any atom is -0.289 e. The highest BCUT2D eigenvalue weighted by atomic mass is 16.3. The van der Waals surface area contributed by atoms with Crippen LogP contribution in [-0.2, 0) is 10.5 Å². The number of hydrogen-bond donors (Lipinski definition) is 0. The Kier molecular flexibility index (Phi) is 2.38. The van der Waals surface area contributed by atoms with Gasteiger partial charge in [0.05, 0.1) is 0 Å². The predicted octanol–water partition coefficient (Wildman–Crippen LogP) is 3.74. The van der Waals surface area contributed by atoms with E-state index in [2.05, 4.69) is 20.8 Å². The summed E-state index contributed by atoms with van der Waals surface area (Å²) in [6, 6.07) is 3.94. The fraction of sp³-hybridized carbons (Fsp3) is 0.500. The lowest BCUT2D eigenvalue weighted by molar-refractivity contribution is 0.337. The Balaban J connectivity index is 3.37. The van der Waals surface area contributed by atoms with Crippen molar-refractivity contribution in [3.8, 4) is 5.75 Å². The molecule has 0 fully saturated rings. The molecule has 0 aromatic heterocycles. The van der Waals surface area contributed by atoms with Crippen LogP contribution >= 0.6 is 0 Å². The number of hydrogen-bond acceptors (Lipinski definition) is 0. The van der Waals surface area contributed by atoms with Crippen LogP contribution in [0.1, 0.15) is 37.5 Å². The summed E-state index contributed by atoms with van der Waals surface area (Å²) in [4.78, 5) is 0. The van der Waals surface area contributed by atoms with Crippen molar-refractivity contribution in [3.05, 3.63) is 28.8 Å². The number of aryl methyl sites for hydroxylation is 2.